The van der Waals surface area contributed by atoms with Gasteiger partial charge in [0.2, 0.25) is 5.91 Å². The summed E-state index contributed by atoms with van der Waals surface area (Å²) < 4.78 is 0. The van der Waals surface area contributed by atoms with E-state index in [4.69, 9.17) is 18.0 Å². The van der Waals surface area contributed by atoms with Crippen molar-refractivity contribution in [1.82, 2.24) is 4.90 Å². The Morgan fingerprint density at radius 3 is 2.00 bits per heavy atom. The second kappa shape index (κ2) is 6.34. The lowest BCUT2D eigenvalue weighted by atomic mass is 9.80. The van der Waals surface area contributed by atoms with Gasteiger partial charge in [0.25, 0.3) is 0 Å². The number of likely N-dealkylation sites (tertiary alicyclic amines) is 1. The molecule has 0 radical (unpaired) electrons. The van der Waals surface area contributed by atoms with Gasteiger partial charge in [0.1, 0.15) is 0 Å². The zero-order chi connectivity index (χ0) is 12.9. The largest absolute Gasteiger partial charge is 0.392 e. The molecule has 0 aliphatic carbocycles. The van der Waals surface area contributed by atoms with Crippen LogP contribution < -0.4 is 5.73 Å². The second-order valence-electron chi connectivity index (χ2n) is 4.86. The smallest absolute Gasteiger partial charge is 0.235 e. The quantitative estimate of drug-likeness (QED) is 0.786. The Bertz CT molecular complexity index is 279. The van der Waals surface area contributed by atoms with E-state index < -0.39 is 5.41 Å². The average Bonchev–Trinajstić information content (AvgIpc) is 2.59. The van der Waals surface area contributed by atoms with Crippen molar-refractivity contribution in [3.8, 4) is 0 Å². The summed E-state index contributed by atoms with van der Waals surface area (Å²) in [4.78, 5) is 15.0. The van der Waals surface area contributed by atoms with Crippen LogP contribution in [-0.4, -0.2) is 28.9 Å². The fourth-order valence-electron chi connectivity index (χ4n) is 2.58. The van der Waals surface area contributed by atoms with Crippen molar-refractivity contribution in [2.75, 3.05) is 13.1 Å². The molecule has 0 bridgehead atoms. The summed E-state index contributed by atoms with van der Waals surface area (Å²) in [6.45, 7) is 5.73. The van der Waals surface area contributed by atoms with E-state index in [1.807, 2.05) is 18.7 Å². The molecule has 2 N–H and O–H groups in total. The molecule has 0 unspecified atom stereocenters. The van der Waals surface area contributed by atoms with E-state index in [-0.39, 0.29) is 5.91 Å². The Labute approximate surface area is 110 Å². The van der Waals surface area contributed by atoms with Gasteiger partial charge in [0.05, 0.1) is 10.4 Å². The maximum Gasteiger partial charge on any atom is 0.235 e. The summed E-state index contributed by atoms with van der Waals surface area (Å²) >= 11 is 5.14. The van der Waals surface area contributed by atoms with Crippen LogP contribution in [0.1, 0.15) is 52.4 Å². The summed E-state index contributed by atoms with van der Waals surface area (Å²) in [5.41, 5.74) is 5.21. The number of hydrogen-bond donors (Lipinski definition) is 1. The molecule has 1 amide bonds. The van der Waals surface area contributed by atoms with Crippen LogP contribution >= 0.6 is 12.2 Å². The molecule has 0 atom stereocenters. The number of carbonyl (C=O) groups is 1. The Balaban J connectivity index is 2.86. The summed E-state index contributed by atoms with van der Waals surface area (Å²) in [5.74, 6) is 0.150. The van der Waals surface area contributed by atoms with Gasteiger partial charge in [-0.3, -0.25) is 4.79 Å². The first-order valence-electron chi connectivity index (χ1n) is 6.67. The molecule has 0 aromatic rings. The molecule has 0 saturated carbocycles. The molecule has 17 heavy (non-hydrogen) atoms. The standard InChI is InChI=1S/C13H24N2OS/c1-3-13(4-2,11(14)17)12(16)15-9-7-5-6-8-10-15/h3-10H2,1-2H3,(H2,14,17). The first-order valence-corrected chi connectivity index (χ1v) is 7.08. The lowest BCUT2D eigenvalue weighted by Crippen LogP contribution is -2.50. The van der Waals surface area contributed by atoms with Crippen LogP contribution in [0, 0.1) is 5.41 Å². The van der Waals surface area contributed by atoms with E-state index in [0.717, 1.165) is 25.9 Å². The SMILES string of the molecule is CCC(CC)(C(=O)N1CCCCCC1)C(N)=S. The minimum Gasteiger partial charge on any atom is -0.392 e. The van der Waals surface area contributed by atoms with Crippen LogP contribution in [0.2, 0.25) is 0 Å². The highest BCUT2D eigenvalue weighted by Gasteiger charge is 2.40. The van der Waals surface area contributed by atoms with E-state index in [9.17, 15) is 4.79 Å². The molecule has 1 aliphatic rings. The highest BCUT2D eigenvalue weighted by atomic mass is 32.1. The third kappa shape index (κ3) is 2.97. The molecule has 1 heterocycles. The predicted molar refractivity (Wildman–Crippen MR) is 74.8 cm³/mol. The minimum absolute atomic E-state index is 0.150. The molecule has 3 nitrogen and oxygen atoms in total. The molecule has 0 aromatic heterocycles. The molecular weight excluding hydrogens is 232 g/mol. The number of amides is 1. The summed E-state index contributed by atoms with van der Waals surface area (Å²) in [6.07, 6.45) is 6.06. The van der Waals surface area contributed by atoms with Crippen molar-refractivity contribution >= 4 is 23.1 Å². The van der Waals surface area contributed by atoms with E-state index >= 15 is 0 Å². The average molecular weight is 256 g/mol. The van der Waals surface area contributed by atoms with Gasteiger partial charge in [0, 0.05) is 13.1 Å². The van der Waals surface area contributed by atoms with Crippen LogP contribution in [0.25, 0.3) is 0 Å². The fraction of sp³-hybridized carbons (Fsp3) is 0.846. The van der Waals surface area contributed by atoms with Gasteiger partial charge in [-0.25, -0.2) is 0 Å². The maximum absolute atomic E-state index is 12.6. The third-order valence-corrected chi connectivity index (χ3v) is 4.37. The zero-order valence-corrected chi connectivity index (χ0v) is 11.8. The summed E-state index contributed by atoms with van der Waals surface area (Å²) in [6, 6.07) is 0. The lowest BCUT2D eigenvalue weighted by Gasteiger charge is -2.34. The molecule has 0 aromatic carbocycles. The van der Waals surface area contributed by atoms with Gasteiger partial charge in [-0.15, -0.1) is 0 Å². The van der Waals surface area contributed by atoms with Crippen molar-refractivity contribution in [2.45, 2.75) is 52.4 Å². The lowest BCUT2D eigenvalue weighted by molar-refractivity contribution is -0.138. The van der Waals surface area contributed by atoms with E-state index in [1.165, 1.54) is 12.8 Å². The molecule has 1 fully saturated rings. The zero-order valence-electron chi connectivity index (χ0n) is 11.0. The van der Waals surface area contributed by atoms with Gasteiger partial charge < -0.3 is 10.6 Å². The van der Waals surface area contributed by atoms with E-state index in [2.05, 4.69) is 0 Å². The third-order valence-electron chi connectivity index (χ3n) is 3.98. The van der Waals surface area contributed by atoms with E-state index in [1.54, 1.807) is 0 Å². The molecule has 0 spiro atoms. The van der Waals surface area contributed by atoms with Crippen LogP contribution in [-0.2, 0) is 4.79 Å². The second-order valence-corrected chi connectivity index (χ2v) is 5.30. The fourth-order valence-corrected chi connectivity index (χ4v) is 2.96. The van der Waals surface area contributed by atoms with Crippen LogP contribution in [0.4, 0.5) is 0 Å². The highest BCUT2D eigenvalue weighted by Crippen LogP contribution is 2.30. The van der Waals surface area contributed by atoms with Crippen molar-refractivity contribution in [3.63, 3.8) is 0 Å². The minimum atomic E-state index is -0.611. The Hall–Kier alpha value is -0.640. The molecule has 98 valence electrons. The summed E-state index contributed by atoms with van der Waals surface area (Å²) in [7, 11) is 0. The van der Waals surface area contributed by atoms with Crippen molar-refractivity contribution in [1.29, 1.82) is 0 Å². The van der Waals surface area contributed by atoms with Crippen LogP contribution in [0.3, 0.4) is 0 Å². The Morgan fingerprint density at radius 2 is 1.65 bits per heavy atom. The normalized spacial score (nSPS) is 17.6. The Kier molecular flexibility index (Phi) is 5.37. The predicted octanol–water partition coefficient (Wildman–Crippen LogP) is 2.48. The number of thiocarbonyl (C=S) groups is 1. The molecule has 4 heteroatoms. The number of rotatable bonds is 4. The molecular formula is C13H24N2OS. The van der Waals surface area contributed by atoms with Gasteiger partial charge in [0.15, 0.2) is 0 Å². The first-order chi connectivity index (χ1) is 8.08. The monoisotopic (exact) mass is 256 g/mol. The number of carbonyl (C=O) groups excluding carboxylic acids is 1. The van der Waals surface area contributed by atoms with Crippen molar-refractivity contribution < 1.29 is 4.79 Å². The Morgan fingerprint density at radius 1 is 1.18 bits per heavy atom. The van der Waals surface area contributed by atoms with E-state index in [0.29, 0.717) is 17.8 Å². The van der Waals surface area contributed by atoms with Crippen LogP contribution in [0.15, 0.2) is 0 Å². The van der Waals surface area contributed by atoms with Crippen molar-refractivity contribution in [3.05, 3.63) is 0 Å². The van der Waals surface area contributed by atoms with Gasteiger partial charge in [-0.1, -0.05) is 38.9 Å². The molecule has 1 aliphatic heterocycles. The van der Waals surface area contributed by atoms with Gasteiger partial charge in [-0.2, -0.15) is 0 Å². The first kappa shape index (κ1) is 14.4. The van der Waals surface area contributed by atoms with Crippen LogP contribution in [0.5, 0.6) is 0 Å². The topological polar surface area (TPSA) is 46.3 Å². The number of hydrogen-bond acceptors (Lipinski definition) is 2. The molecule has 1 rings (SSSR count). The number of nitrogens with two attached hydrogens (primary N) is 1. The maximum atomic E-state index is 12.6. The van der Waals surface area contributed by atoms with Gasteiger partial charge in [-0.05, 0) is 25.7 Å². The van der Waals surface area contributed by atoms with Crippen molar-refractivity contribution in [2.24, 2.45) is 11.1 Å². The molecule has 1 saturated heterocycles. The van der Waals surface area contributed by atoms with Gasteiger partial charge >= 0.3 is 0 Å². The number of nitrogens with zero attached hydrogens (tertiary/aromatic N) is 1. The summed E-state index contributed by atoms with van der Waals surface area (Å²) in [5, 5.41) is 0. The highest BCUT2D eigenvalue weighted by molar-refractivity contribution is 7.80.